The van der Waals surface area contributed by atoms with Gasteiger partial charge in [-0.15, -0.1) is 0 Å². The molecule has 0 unspecified atom stereocenters. The molecule has 0 aliphatic carbocycles. The molecule has 5 rings (SSSR count). The van der Waals surface area contributed by atoms with E-state index < -0.39 is 0 Å². The maximum absolute atomic E-state index is 13.0. The van der Waals surface area contributed by atoms with Crippen molar-refractivity contribution in [3.8, 4) is 5.75 Å². The number of hydrogen-bond acceptors (Lipinski definition) is 5. The van der Waals surface area contributed by atoms with E-state index in [9.17, 15) is 9.59 Å². The standard InChI is InChI=1S/C27H28N4O3/c32-26(19-34-22-12-11-20-7-1-2-8-21(20)17-22)28-18-25-23-9-3-4-10-24(23)27(33)31(29-25)16-15-30-13-5-6-14-30/h1-4,7-12,17H,5-6,13-16,18-19H2,(H,28,32). The Morgan fingerprint density at radius 2 is 1.65 bits per heavy atom. The summed E-state index contributed by atoms with van der Waals surface area (Å²) >= 11 is 0. The van der Waals surface area contributed by atoms with Gasteiger partial charge in [-0.1, -0.05) is 48.5 Å². The van der Waals surface area contributed by atoms with Crippen molar-refractivity contribution in [3.63, 3.8) is 0 Å². The minimum absolute atomic E-state index is 0.0924. The van der Waals surface area contributed by atoms with Gasteiger partial charge >= 0.3 is 0 Å². The Hall–Kier alpha value is -3.71. The van der Waals surface area contributed by atoms with Crippen molar-refractivity contribution in [2.45, 2.75) is 25.9 Å². The van der Waals surface area contributed by atoms with Crippen LogP contribution < -0.4 is 15.6 Å². The number of hydrogen-bond donors (Lipinski definition) is 1. The Morgan fingerprint density at radius 3 is 2.47 bits per heavy atom. The number of carbonyl (C=O) groups is 1. The summed E-state index contributed by atoms with van der Waals surface area (Å²) in [7, 11) is 0. The third kappa shape index (κ3) is 4.94. The molecule has 0 saturated carbocycles. The van der Waals surface area contributed by atoms with Crippen LogP contribution in [0.5, 0.6) is 5.75 Å². The lowest BCUT2D eigenvalue weighted by Crippen LogP contribution is -2.33. The Labute approximate surface area is 197 Å². The number of benzene rings is 3. The number of nitrogens with one attached hydrogen (secondary N) is 1. The summed E-state index contributed by atoms with van der Waals surface area (Å²) in [5.41, 5.74) is 0.584. The van der Waals surface area contributed by atoms with Crippen LogP contribution in [0.15, 0.2) is 71.5 Å². The summed E-state index contributed by atoms with van der Waals surface area (Å²) in [5, 5.41) is 11.1. The number of rotatable bonds is 8. The van der Waals surface area contributed by atoms with Gasteiger partial charge in [0.1, 0.15) is 5.75 Å². The number of ether oxygens (including phenoxy) is 1. The van der Waals surface area contributed by atoms with E-state index in [-0.39, 0.29) is 24.6 Å². The van der Waals surface area contributed by atoms with Gasteiger partial charge in [0, 0.05) is 11.9 Å². The largest absolute Gasteiger partial charge is 0.484 e. The first kappa shape index (κ1) is 22.1. The molecule has 7 nitrogen and oxygen atoms in total. The summed E-state index contributed by atoms with van der Waals surface area (Å²) < 4.78 is 7.23. The van der Waals surface area contributed by atoms with Crippen molar-refractivity contribution in [1.29, 1.82) is 0 Å². The second kappa shape index (κ2) is 10.1. The van der Waals surface area contributed by atoms with Crippen LogP contribution in [0, 0.1) is 0 Å². The average molecular weight is 457 g/mol. The van der Waals surface area contributed by atoms with Crippen LogP contribution in [0.3, 0.4) is 0 Å². The molecule has 174 valence electrons. The van der Waals surface area contributed by atoms with E-state index in [1.54, 1.807) is 0 Å². The zero-order valence-electron chi connectivity index (χ0n) is 19.1. The van der Waals surface area contributed by atoms with Crippen LogP contribution >= 0.6 is 0 Å². The Bertz CT molecular complexity index is 1380. The van der Waals surface area contributed by atoms with E-state index in [0.717, 1.165) is 35.8 Å². The smallest absolute Gasteiger partial charge is 0.274 e. The average Bonchev–Trinajstić information content (AvgIpc) is 3.40. The molecule has 0 atom stereocenters. The van der Waals surface area contributed by atoms with Crippen LogP contribution in [-0.4, -0.2) is 46.8 Å². The molecule has 1 aliphatic rings. The monoisotopic (exact) mass is 456 g/mol. The molecular weight excluding hydrogens is 428 g/mol. The van der Waals surface area contributed by atoms with Gasteiger partial charge in [-0.2, -0.15) is 5.10 Å². The highest BCUT2D eigenvalue weighted by Crippen LogP contribution is 2.20. The van der Waals surface area contributed by atoms with Crippen molar-refractivity contribution in [3.05, 3.63) is 82.8 Å². The highest BCUT2D eigenvalue weighted by molar-refractivity contribution is 5.85. The summed E-state index contributed by atoms with van der Waals surface area (Å²) in [6, 6.07) is 21.2. The van der Waals surface area contributed by atoms with Crippen molar-refractivity contribution in [1.82, 2.24) is 20.0 Å². The molecule has 0 spiro atoms. The molecule has 1 aromatic heterocycles. The van der Waals surface area contributed by atoms with Gasteiger partial charge in [0.2, 0.25) is 0 Å². The molecule has 34 heavy (non-hydrogen) atoms. The highest BCUT2D eigenvalue weighted by atomic mass is 16.5. The van der Waals surface area contributed by atoms with Crippen molar-refractivity contribution >= 4 is 27.5 Å². The first-order valence-electron chi connectivity index (χ1n) is 11.8. The number of amides is 1. The van der Waals surface area contributed by atoms with Crippen LogP contribution in [0.25, 0.3) is 21.5 Å². The summed E-state index contributed by atoms with van der Waals surface area (Å²) in [4.78, 5) is 27.8. The maximum atomic E-state index is 13.0. The van der Waals surface area contributed by atoms with Gasteiger partial charge in [0.25, 0.3) is 11.5 Å². The van der Waals surface area contributed by atoms with E-state index in [2.05, 4.69) is 15.3 Å². The molecule has 0 bridgehead atoms. The Balaban J connectivity index is 1.26. The molecular formula is C27H28N4O3. The van der Waals surface area contributed by atoms with E-state index in [1.807, 2.05) is 66.7 Å². The van der Waals surface area contributed by atoms with Gasteiger partial charge in [-0.05, 0) is 54.9 Å². The molecule has 1 fully saturated rings. The number of likely N-dealkylation sites (tertiary alicyclic amines) is 1. The number of nitrogens with zero attached hydrogens (tertiary/aromatic N) is 3. The van der Waals surface area contributed by atoms with E-state index in [1.165, 1.54) is 17.5 Å². The molecule has 2 heterocycles. The fourth-order valence-corrected chi connectivity index (χ4v) is 4.47. The van der Waals surface area contributed by atoms with E-state index in [0.29, 0.717) is 23.4 Å². The molecule has 1 saturated heterocycles. The van der Waals surface area contributed by atoms with Gasteiger partial charge in [0.05, 0.1) is 24.2 Å². The third-order valence-corrected chi connectivity index (χ3v) is 6.31. The summed E-state index contributed by atoms with van der Waals surface area (Å²) in [6.07, 6.45) is 2.41. The maximum Gasteiger partial charge on any atom is 0.274 e. The van der Waals surface area contributed by atoms with Gasteiger partial charge in [-0.25, -0.2) is 4.68 Å². The molecule has 7 heteroatoms. The second-order valence-electron chi connectivity index (χ2n) is 8.64. The molecule has 1 N–H and O–H groups in total. The molecule has 1 aliphatic heterocycles. The van der Waals surface area contributed by atoms with E-state index in [4.69, 9.17) is 4.74 Å². The lowest BCUT2D eigenvalue weighted by atomic mass is 10.1. The van der Waals surface area contributed by atoms with Crippen molar-refractivity contribution < 1.29 is 9.53 Å². The lowest BCUT2D eigenvalue weighted by molar-refractivity contribution is -0.123. The fraction of sp³-hybridized carbons (Fsp3) is 0.296. The number of carbonyl (C=O) groups excluding carboxylic acids is 1. The predicted octanol–water partition coefficient (Wildman–Crippen LogP) is 3.34. The minimum atomic E-state index is -0.242. The topological polar surface area (TPSA) is 76.5 Å². The van der Waals surface area contributed by atoms with Crippen LogP contribution in [-0.2, 0) is 17.9 Å². The zero-order valence-corrected chi connectivity index (χ0v) is 19.1. The molecule has 3 aromatic carbocycles. The van der Waals surface area contributed by atoms with Gasteiger partial charge in [0.15, 0.2) is 6.61 Å². The second-order valence-corrected chi connectivity index (χ2v) is 8.64. The quantitative estimate of drug-likeness (QED) is 0.440. The van der Waals surface area contributed by atoms with Crippen molar-refractivity contribution in [2.24, 2.45) is 0 Å². The first-order valence-corrected chi connectivity index (χ1v) is 11.8. The molecule has 0 radical (unpaired) electrons. The number of fused-ring (bicyclic) bond motifs is 2. The van der Waals surface area contributed by atoms with Crippen LogP contribution in [0.1, 0.15) is 18.5 Å². The lowest BCUT2D eigenvalue weighted by Gasteiger charge is -2.16. The normalized spacial score (nSPS) is 14.0. The number of aromatic nitrogens is 2. The summed E-state index contributed by atoms with van der Waals surface area (Å²) in [6.45, 7) is 3.62. The third-order valence-electron chi connectivity index (χ3n) is 6.31. The molecule has 4 aromatic rings. The predicted molar refractivity (Wildman–Crippen MR) is 133 cm³/mol. The fourth-order valence-electron chi connectivity index (χ4n) is 4.47. The van der Waals surface area contributed by atoms with Gasteiger partial charge < -0.3 is 15.0 Å². The molecule has 1 amide bonds. The van der Waals surface area contributed by atoms with Crippen molar-refractivity contribution in [2.75, 3.05) is 26.2 Å². The highest BCUT2D eigenvalue weighted by Gasteiger charge is 2.15. The van der Waals surface area contributed by atoms with Crippen LogP contribution in [0.4, 0.5) is 0 Å². The zero-order chi connectivity index (χ0) is 23.3. The SMILES string of the molecule is O=C(COc1ccc2ccccc2c1)NCc1nn(CCN2CCCC2)c(=O)c2ccccc12. The Kier molecular flexibility index (Phi) is 6.53. The van der Waals surface area contributed by atoms with Crippen LogP contribution in [0.2, 0.25) is 0 Å². The minimum Gasteiger partial charge on any atom is -0.484 e. The first-order chi connectivity index (χ1) is 16.7. The Morgan fingerprint density at radius 1 is 0.912 bits per heavy atom. The van der Waals surface area contributed by atoms with E-state index >= 15 is 0 Å². The summed E-state index contributed by atoms with van der Waals surface area (Å²) in [5.74, 6) is 0.404. The van der Waals surface area contributed by atoms with Gasteiger partial charge in [-0.3, -0.25) is 9.59 Å².